The summed E-state index contributed by atoms with van der Waals surface area (Å²) in [6.45, 7) is 2.34. The van der Waals surface area contributed by atoms with Gasteiger partial charge in [-0.1, -0.05) is 30.3 Å². The lowest BCUT2D eigenvalue weighted by atomic mass is 10.2. The van der Waals surface area contributed by atoms with Crippen molar-refractivity contribution in [3.8, 4) is 5.75 Å². The molecule has 0 unspecified atom stereocenters. The number of nitrogens with one attached hydrogen (secondary N) is 2. The second-order valence-electron chi connectivity index (χ2n) is 6.81. The number of hydrogen-bond acceptors (Lipinski definition) is 4. The number of carbonyl (C=O) groups excluding carboxylic acids is 1. The highest BCUT2D eigenvalue weighted by Crippen LogP contribution is 2.19. The first-order valence-electron chi connectivity index (χ1n) is 9.60. The summed E-state index contributed by atoms with van der Waals surface area (Å²) in [5, 5.41) is 2.77. The highest BCUT2D eigenvalue weighted by atomic mass is 32.2. The van der Waals surface area contributed by atoms with Crippen LogP contribution in [0.2, 0.25) is 0 Å². The summed E-state index contributed by atoms with van der Waals surface area (Å²) in [4.78, 5) is 12.2. The van der Waals surface area contributed by atoms with Crippen LogP contribution < -0.4 is 14.8 Å². The van der Waals surface area contributed by atoms with E-state index in [1.165, 1.54) is 12.1 Å². The van der Waals surface area contributed by atoms with Crippen LogP contribution in [-0.2, 0) is 14.8 Å². The molecule has 0 bridgehead atoms. The number of anilines is 2. The summed E-state index contributed by atoms with van der Waals surface area (Å²) in [7, 11) is -3.70. The lowest BCUT2D eigenvalue weighted by molar-refractivity contribution is -0.116. The fourth-order valence-electron chi connectivity index (χ4n) is 2.80. The Bertz CT molecular complexity index is 1080. The van der Waals surface area contributed by atoms with E-state index >= 15 is 0 Å². The number of rotatable bonds is 9. The van der Waals surface area contributed by atoms with E-state index < -0.39 is 10.0 Å². The summed E-state index contributed by atoms with van der Waals surface area (Å²) < 4.78 is 33.2. The Hall–Kier alpha value is -3.32. The minimum Gasteiger partial charge on any atom is -0.494 e. The maximum Gasteiger partial charge on any atom is 0.261 e. The van der Waals surface area contributed by atoms with Gasteiger partial charge in [0, 0.05) is 17.8 Å². The van der Waals surface area contributed by atoms with Crippen molar-refractivity contribution in [3.63, 3.8) is 0 Å². The van der Waals surface area contributed by atoms with E-state index in [2.05, 4.69) is 10.0 Å². The molecule has 0 saturated carbocycles. The van der Waals surface area contributed by atoms with Crippen LogP contribution in [0.25, 0.3) is 0 Å². The number of amides is 1. The van der Waals surface area contributed by atoms with Crippen LogP contribution in [0.1, 0.15) is 18.4 Å². The van der Waals surface area contributed by atoms with Gasteiger partial charge in [-0.15, -0.1) is 0 Å². The number of aryl methyl sites for hydroxylation is 1. The Morgan fingerprint density at radius 2 is 1.63 bits per heavy atom. The number of para-hydroxylation sites is 1. The molecule has 0 fully saturated rings. The first-order chi connectivity index (χ1) is 14.4. The molecular formula is C23H24N2O4S. The Morgan fingerprint density at radius 1 is 0.900 bits per heavy atom. The zero-order valence-corrected chi connectivity index (χ0v) is 17.5. The summed E-state index contributed by atoms with van der Waals surface area (Å²) in [5.41, 5.74) is 2.01. The van der Waals surface area contributed by atoms with Gasteiger partial charge in [-0.2, -0.15) is 0 Å². The minimum absolute atomic E-state index is 0.123. The molecule has 7 heteroatoms. The van der Waals surface area contributed by atoms with Crippen LogP contribution in [0.3, 0.4) is 0 Å². The summed E-state index contributed by atoms with van der Waals surface area (Å²) >= 11 is 0. The summed E-state index contributed by atoms with van der Waals surface area (Å²) in [6.07, 6.45) is 0.884. The number of ether oxygens (including phenoxy) is 1. The SMILES string of the molecule is Cc1cccc(NS(=O)(=O)c2ccc(NC(=O)CCCOc3ccccc3)cc2)c1. The van der Waals surface area contributed by atoms with Crippen LogP contribution in [0.4, 0.5) is 11.4 Å². The summed E-state index contributed by atoms with van der Waals surface area (Å²) in [6, 6.07) is 22.6. The molecule has 0 atom stereocenters. The molecule has 0 radical (unpaired) electrons. The topological polar surface area (TPSA) is 84.5 Å². The molecule has 3 aromatic carbocycles. The molecule has 0 saturated heterocycles. The van der Waals surface area contributed by atoms with Gasteiger partial charge in [0.25, 0.3) is 10.0 Å². The Morgan fingerprint density at radius 3 is 2.33 bits per heavy atom. The van der Waals surface area contributed by atoms with Gasteiger partial charge in [0.1, 0.15) is 5.75 Å². The quantitative estimate of drug-likeness (QED) is 0.492. The fourth-order valence-corrected chi connectivity index (χ4v) is 3.85. The first-order valence-corrected chi connectivity index (χ1v) is 11.1. The van der Waals surface area contributed by atoms with Crippen LogP contribution in [0.5, 0.6) is 5.75 Å². The Kier molecular flexibility index (Phi) is 7.08. The van der Waals surface area contributed by atoms with Gasteiger partial charge in [0.2, 0.25) is 5.91 Å². The van der Waals surface area contributed by atoms with Crippen LogP contribution >= 0.6 is 0 Å². The second-order valence-corrected chi connectivity index (χ2v) is 8.50. The van der Waals surface area contributed by atoms with Crippen molar-refractivity contribution in [2.75, 3.05) is 16.6 Å². The second kappa shape index (κ2) is 9.93. The molecule has 2 N–H and O–H groups in total. The number of hydrogen-bond donors (Lipinski definition) is 2. The standard InChI is InChI=1S/C23H24N2O4S/c1-18-7-5-8-20(17-18)25-30(27,28)22-14-12-19(13-15-22)24-23(26)11-6-16-29-21-9-3-2-4-10-21/h2-5,7-10,12-15,17,25H,6,11,16H2,1H3,(H,24,26). The molecule has 0 spiro atoms. The van der Waals surface area contributed by atoms with Gasteiger partial charge >= 0.3 is 0 Å². The van der Waals surface area contributed by atoms with Crippen molar-refractivity contribution >= 4 is 27.3 Å². The van der Waals surface area contributed by atoms with Crippen LogP contribution in [-0.4, -0.2) is 20.9 Å². The molecule has 30 heavy (non-hydrogen) atoms. The Labute approximate surface area is 177 Å². The van der Waals surface area contributed by atoms with Crippen molar-refractivity contribution in [1.82, 2.24) is 0 Å². The largest absolute Gasteiger partial charge is 0.494 e. The fraction of sp³-hybridized carbons (Fsp3) is 0.174. The third kappa shape index (κ3) is 6.35. The average molecular weight is 425 g/mol. The monoisotopic (exact) mass is 424 g/mol. The number of carbonyl (C=O) groups is 1. The summed E-state index contributed by atoms with van der Waals surface area (Å²) in [5.74, 6) is 0.620. The lowest BCUT2D eigenvalue weighted by Gasteiger charge is -2.10. The molecule has 3 aromatic rings. The van der Waals surface area contributed by atoms with Gasteiger partial charge in [0.05, 0.1) is 11.5 Å². The molecule has 0 aromatic heterocycles. The van der Waals surface area contributed by atoms with Crippen molar-refractivity contribution in [1.29, 1.82) is 0 Å². The highest BCUT2D eigenvalue weighted by Gasteiger charge is 2.14. The van der Waals surface area contributed by atoms with Gasteiger partial charge in [-0.3, -0.25) is 9.52 Å². The van der Waals surface area contributed by atoms with Crippen molar-refractivity contribution < 1.29 is 17.9 Å². The molecule has 0 aliphatic rings. The molecule has 1 amide bonds. The number of benzene rings is 3. The smallest absolute Gasteiger partial charge is 0.261 e. The van der Waals surface area contributed by atoms with Gasteiger partial charge < -0.3 is 10.1 Å². The molecule has 6 nitrogen and oxygen atoms in total. The van der Waals surface area contributed by atoms with E-state index in [0.29, 0.717) is 30.8 Å². The number of sulfonamides is 1. The van der Waals surface area contributed by atoms with Crippen molar-refractivity contribution in [2.24, 2.45) is 0 Å². The lowest BCUT2D eigenvalue weighted by Crippen LogP contribution is -2.14. The van der Waals surface area contributed by atoms with E-state index in [1.54, 1.807) is 30.3 Å². The van der Waals surface area contributed by atoms with E-state index in [4.69, 9.17) is 4.74 Å². The predicted octanol–water partition coefficient (Wildman–Crippen LogP) is 4.59. The van der Waals surface area contributed by atoms with E-state index in [9.17, 15) is 13.2 Å². The van der Waals surface area contributed by atoms with Crippen molar-refractivity contribution in [3.05, 3.63) is 84.4 Å². The maximum atomic E-state index is 12.5. The highest BCUT2D eigenvalue weighted by molar-refractivity contribution is 7.92. The van der Waals surface area contributed by atoms with E-state index in [0.717, 1.165) is 11.3 Å². The minimum atomic E-state index is -3.70. The Balaban J connectivity index is 1.49. The molecular weight excluding hydrogens is 400 g/mol. The normalized spacial score (nSPS) is 11.0. The molecule has 0 aliphatic carbocycles. The third-order valence-corrected chi connectivity index (χ3v) is 5.68. The van der Waals surface area contributed by atoms with Crippen LogP contribution in [0, 0.1) is 6.92 Å². The molecule has 3 rings (SSSR count). The van der Waals surface area contributed by atoms with E-state index in [-0.39, 0.29) is 10.8 Å². The molecule has 0 heterocycles. The maximum absolute atomic E-state index is 12.5. The molecule has 0 aliphatic heterocycles. The third-order valence-electron chi connectivity index (χ3n) is 4.28. The average Bonchev–Trinajstić information content (AvgIpc) is 2.72. The zero-order valence-electron chi connectivity index (χ0n) is 16.7. The van der Waals surface area contributed by atoms with Crippen molar-refractivity contribution in [2.45, 2.75) is 24.7 Å². The van der Waals surface area contributed by atoms with Gasteiger partial charge in [-0.25, -0.2) is 8.42 Å². The van der Waals surface area contributed by atoms with Crippen LogP contribution in [0.15, 0.2) is 83.8 Å². The van der Waals surface area contributed by atoms with E-state index in [1.807, 2.05) is 43.3 Å². The van der Waals surface area contributed by atoms with Gasteiger partial charge in [-0.05, 0) is 67.4 Å². The first kappa shape index (κ1) is 21.4. The molecule has 156 valence electrons. The predicted molar refractivity (Wildman–Crippen MR) is 118 cm³/mol. The zero-order chi connectivity index (χ0) is 21.4. The van der Waals surface area contributed by atoms with Gasteiger partial charge in [0.15, 0.2) is 0 Å².